The van der Waals surface area contributed by atoms with E-state index in [-0.39, 0.29) is 17.7 Å². The van der Waals surface area contributed by atoms with Crippen molar-refractivity contribution in [1.82, 2.24) is 10.2 Å². The van der Waals surface area contributed by atoms with Crippen molar-refractivity contribution >= 4 is 11.8 Å². The van der Waals surface area contributed by atoms with Gasteiger partial charge in [-0.1, -0.05) is 6.92 Å². The molecule has 0 spiro atoms. The Morgan fingerprint density at radius 1 is 1.54 bits per heavy atom. The number of hydrogen-bond donors (Lipinski definition) is 1. The lowest BCUT2D eigenvalue weighted by Crippen LogP contribution is -2.32. The van der Waals surface area contributed by atoms with Gasteiger partial charge in [-0.15, -0.1) is 0 Å². The summed E-state index contributed by atoms with van der Waals surface area (Å²) in [6, 6.07) is 0. The summed E-state index contributed by atoms with van der Waals surface area (Å²) in [5, 5.41) is 2.98. The number of rotatable bonds is 4. The molecule has 74 valence electrons. The van der Waals surface area contributed by atoms with Crippen LogP contribution in [0.5, 0.6) is 0 Å². The molecule has 0 aromatic heterocycles. The molecule has 0 aliphatic carbocycles. The highest BCUT2D eigenvalue weighted by Gasteiger charge is 2.34. The van der Waals surface area contributed by atoms with Gasteiger partial charge in [-0.25, -0.2) is 0 Å². The highest BCUT2D eigenvalue weighted by molar-refractivity contribution is 6.03. The van der Waals surface area contributed by atoms with Crippen molar-refractivity contribution in [2.24, 2.45) is 5.92 Å². The second-order valence-corrected chi connectivity index (χ2v) is 3.45. The summed E-state index contributed by atoms with van der Waals surface area (Å²) in [6.45, 7) is 3.20. The molecule has 4 heteroatoms. The maximum Gasteiger partial charge on any atom is 0.232 e. The molecular weight excluding hydrogens is 168 g/mol. The van der Waals surface area contributed by atoms with Gasteiger partial charge in [0.1, 0.15) is 0 Å². The standard InChI is InChI=1S/C9H16N2O2/c1-7-6-8(12)11(9(7)13)5-3-4-10-2/h7,10H,3-6H2,1-2H3. The third-order valence-electron chi connectivity index (χ3n) is 2.28. The van der Waals surface area contributed by atoms with Crippen LogP contribution in [0.2, 0.25) is 0 Å². The number of nitrogens with one attached hydrogen (secondary N) is 1. The highest BCUT2D eigenvalue weighted by atomic mass is 16.2. The van der Waals surface area contributed by atoms with Crippen molar-refractivity contribution in [2.45, 2.75) is 19.8 Å². The van der Waals surface area contributed by atoms with Gasteiger partial charge in [-0.05, 0) is 20.0 Å². The van der Waals surface area contributed by atoms with E-state index >= 15 is 0 Å². The Kier molecular flexibility index (Phi) is 3.42. The minimum Gasteiger partial charge on any atom is -0.320 e. The molecule has 1 saturated heterocycles. The van der Waals surface area contributed by atoms with Crippen LogP contribution in [0.15, 0.2) is 0 Å². The second kappa shape index (κ2) is 4.37. The fraction of sp³-hybridized carbons (Fsp3) is 0.778. The van der Waals surface area contributed by atoms with E-state index in [0.717, 1.165) is 13.0 Å². The van der Waals surface area contributed by atoms with Crippen LogP contribution in [-0.4, -0.2) is 36.9 Å². The van der Waals surface area contributed by atoms with Crippen molar-refractivity contribution in [2.75, 3.05) is 20.1 Å². The quantitative estimate of drug-likeness (QED) is 0.494. The Morgan fingerprint density at radius 2 is 2.23 bits per heavy atom. The average molecular weight is 184 g/mol. The first-order valence-electron chi connectivity index (χ1n) is 4.65. The van der Waals surface area contributed by atoms with Crippen molar-refractivity contribution in [3.05, 3.63) is 0 Å². The van der Waals surface area contributed by atoms with E-state index in [1.54, 1.807) is 6.92 Å². The van der Waals surface area contributed by atoms with Crippen molar-refractivity contribution < 1.29 is 9.59 Å². The SMILES string of the molecule is CNCCCN1C(=O)CC(C)C1=O. The predicted molar refractivity (Wildman–Crippen MR) is 49.0 cm³/mol. The van der Waals surface area contributed by atoms with Crippen molar-refractivity contribution in [3.8, 4) is 0 Å². The zero-order chi connectivity index (χ0) is 9.84. The van der Waals surface area contributed by atoms with Gasteiger partial charge in [-0.2, -0.15) is 0 Å². The third kappa shape index (κ3) is 2.28. The molecule has 2 amide bonds. The van der Waals surface area contributed by atoms with Gasteiger partial charge in [0.15, 0.2) is 0 Å². The van der Waals surface area contributed by atoms with Crippen LogP contribution in [0.25, 0.3) is 0 Å². The summed E-state index contributed by atoms with van der Waals surface area (Å²) in [5.41, 5.74) is 0. The molecule has 1 rings (SSSR count). The number of hydrogen-bond acceptors (Lipinski definition) is 3. The molecule has 0 radical (unpaired) electrons. The molecule has 1 atom stereocenters. The topological polar surface area (TPSA) is 49.4 Å². The van der Waals surface area contributed by atoms with Gasteiger partial charge in [0, 0.05) is 18.9 Å². The van der Waals surface area contributed by atoms with Crippen LogP contribution < -0.4 is 5.32 Å². The molecule has 0 saturated carbocycles. The molecule has 4 nitrogen and oxygen atoms in total. The smallest absolute Gasteiger partial charge is 0.232 e. The average Bonchev–Trinajstić information content (AvgIpc) is 2.32. The van der Waals surface area contributed by atoms with E-state index in [4.69, 9.17) is 0 Å². The number of imide groups is 1. The van der Waals surface area contributed by atoms with E-state index in [9.17, 15) is 9.59 Å². The molecule has 0 aromatic carbocycles. The number of likely N-dealkylation sites (tertiary alicyclic amines) is 1. The van der Waals surface area contributed by atoms with E-state index in [0.29, 0.717) is 13.0 Å². The fourth-order valence-electron chi connectivity index (χ4n) is 1.50. The lowest BCUT2D eigenvalue weighted by Gasteiger charge is -2.13. The zero-order valence-corrected chi connectivity index (χ0v) is 8.17. The Balaban J connectivity index is 2.40. The predicted octanol–water partition coefficient (Wildman–Crippen LogP) is -0.00910. The molecule has 1 unspecified atom stereocenters. The van der Waals surface area contributed by atoms with Crippen LogP contribution >= 0.6 is 0 Å². The first-order valence-corrected chi connectivity index (χ1v) is 4.65. The van der Waals surface area contributed by atoms with Crippen LogP contribution in [0, 0.1) is 5.92 Å². The van der Waals surface area contributed by atoms with Crippen LogP contribution in [0.1, 0.15) is 19.8 Å². The molecule has 13 heavy (non-hydrogen) atoms. The van der Waals surface area contributed by atoms with Crippen molar-refractivity contribution in [1.29, 1.82) is 0 Å². The van der Waals surface area contributed by atoms with Crippen LogP contribution in [-0.2, 0) is 9.59 Å². The van der Waals surface area contributed by atoms with Crippen LogP contribution in [0.3, 0.4) is 0 Å². The second-order valence-electron chi connectivity index (χ2n) is 3.45. The fourth-order valence-corrected chi connectivity index (χ4v) is 1.50. The van der Waals surface area contributed by atoms with E-state index in [2.05, 4.69) is 5.32 Å². The highest BCUT2D eigenvalue weighted by Crippen LogP contribution is 2.18. The minimum absolute atomic E-state index is 0.0129. The van der Waals surface area contributed by atoms with E-state index in [1.807, 2.05) is 7.05 Å². The van der Waals surface area contributed by atoms with Gasteiger partial charge in [0.2, 0.25) is 11.8 Å². The van der Waals surface area contributed by atoms with Gasteiger partial charge in [0.05, 0.1) is 0 Å². The Labute approximate surface area is 78.3 Å². The summed E-state index contributed by atoms with van der Waals surface area (Å²) < 4.78 is 0. The molecule has 1 fully saturated rings. The van der Waals surface area contributed by atoms with Gasteiger partial charge in [0.25, 0.3) is 0 Å². The summed E-state index contributed by atoms with van der Waals surface area (Å²) in [6.07, 6.45) is 1.22. The lowest BCUT2D eigenvalue weighted by atomic mass is 10.1. The minimum atomic E-state index is -0.109. The summed E-state index contributed by atoms with van der Waals surface area (Å²) in [7, 11) is 1.86. The first kappa shape index (κ1) is 10.2. The molecule has 0 bridgehead atoms. The monoisotopic (exact) mass is 184 g/mol. The molecule has 0 aromatic rings. The Hall–Kier alpha value is -0.900. The third-order valence-corrected chi connectivity index (χ3v) is 2.28. The number of amides is 2. The van der Waals surface area contributed by atoms with Crippen molar-refractivity contribution in [3.63, 3.8) is 0 Å². The van der Waals surface area contributed by atoms with Gasteiger partial charge < -0.3 is 5.32 Å². The maximum absolute atomic E-state index is 11.4. The van der Waals surface area contributed by atoms with E-state index < -0.39 is 0 Å². The summed E-state index contributed by atoms with van der Waals surface area (Å²) >= 11 is 0. The number of nitrogens with zero attached hydrogens (tertiary/aromatic N) is 1. The van der Waals surface area contributed by atoms with Gasteiger partial charge in [-0.3, -0.25) is 14.5 Å². The molecule has 1 aliphatic rings. The summed E-state index contributed by atoms with van der Waals surface area (Å²) in [4.78, 5) is 24.0. The first-order chi connectivity index (χ1) is 6.16. The van der Waals surface area contributed by atoms with E-state index in [1.165, 1.54) is 4.90 Å². The summed E-state index contributed by atoms with van der Waals surface area (Å²) in [5.74, 6) is -0.142. The zero-order valence-electron chi connectivity index (χ0n) is 8.17. The Morgan fingerprint density at radius 3 is 2.69 bits per heavy atom. The maximum atomic E-state index is 11.4. The molecule has 1 aliphatic heterocycles. The number of carbonyl (C=O) groups is 2. The Bertz CT molecular complexity index is 216. The van der Waals surface area contributed by atoms with Gasteiger partial charge >= 0.3 is 0 Å². The molecule has 1 heterocycles. The molecule has 1 N–H and O–H groups in total. The normalized spacial score (nSPS) is 22.9. The van der Waals surface area contributed by atoms with Crippen LogP contribution in [0.4, 0.5) is 0 Å². The molecular formula is C9H16N2O2. The largest absolute Gasteiger partial charge is 0.320 e. The lowest BCUT2D eigenvalue weighted by molar-refractivity contribution is -0.139. The number of carbonyl (C=O) groups excluding carboxylic acids is 2.